The molecule has 0 bridgehead atoms. The van der Waals surface area contributed by atoms with Gasteiger partial charge in [-0.2, -0.15) is 0 Å². The van der Waals surface area contributed by atoms with Crippen molar-refractivity contribution in [2.45, 2.75) is 32.1 Å². The molecule has 0 aliphatic carbocycles. The SMILES string of the molecule is Cc1ccc(C(c2ccccn2)N2CCN(Cc3cnc[nH]3)CC2)cc1.Clc1ccc(C(c2ccccn2)N2CCN(Cc3cnc[nH]3)CC2)cc1. The summed E-state index contributed by atoms with van der Waals surface area (Å²) in [7, 11) is 0. The molecule has 0 saturated carbocycles. The fourth-order valence-electron chi connectivity index (χ4n) is 7.19. The predicted molar refractivity (Wildman–Crippen MR) is 206 cm³/mol. The summed E-state index contributed by atoms with van der Waals surface area (Å²) in [5.41, 5.74) is 8.38. The summed E-state index contributed by atoms with van der Waals surface area (Å²) in [5, 5.41) is 0.762. The van der Waals surface area contributed by atoms with Crippen LogP contribution in [0.15, 0.2) is 122 Å². The number of aromatic amines is 2. The Morgan fingerprint density at radius 3 is 1.40 bits per heavy atom. The Hall–Kier alpha value is -4.71. The highest BCUT2D eigenvalue weighted by Crippen LogP contribution is 2.30. The molecule has 0 amide bonds. The van der Waals surface area contributed by atoms with Crippen LogP contribution in [0, 0.1) is 6.92 Å². The zero-order chi connectivity index (χ0) is 35.5. The van der Waals surface area contributed by atoms with Gasteiger partial charge in [0, 0.05) is 107 Å². The Balaban J connectivity index is 0.000000162. The Bertz CT molecular complexity index is 1730. The molecule has 0 radical (unpaired) electrons. The maximum Gasteiger partial charge on any atom is 0.0922 e. The molecule has 2 aromatic carbocycles. The maximum atomic E-state index is 6.09. The second kappa shape index (κ2) is 17.7. The fourth-order valence-corrected chi connectivity index (χ4v) is 7.32. The molecule has 10 nitrogen and oxygen atoms in total. The number of hydrogen-bond donors (Lipinski definition) is 2. The quantitative estimate of drug-likeness (QED) is 0.169. The average Bonchev–Trinajstić information content (AvgIpc) is 3.91. The van der Waals surface area contributed by atoms with Crippen LogP contribution in [0.1, 0.15) is 51.5 Å². The second-order valence-electron chi connectivity index (χ2n) is 13.6. The van der Waals surface area contributed by atoms with Crippen molar-refractivity contribution in [1.29, 1.82) is 0 Å². The van der Waals surface area contributed by atoms with Gasteiger partial charge in [-0.05, 0) is 54.4 Å². The minimum absolute atomic E-state index is 0.155. The van der Waals surface area contributed by atoms with Gasteiger partial charge in [-0.3, -0.25) is 29.6 Å². The first-order valence-corrected chi connectivity index (χ1v) is 18.5. The lowest BCUT2D eigenvalue weighted by Gasteiger charge is -2.39. The number of aryl methyl sites for hydroxylation is 1. The molecule has 11 heteroatoms. The number of imidazole rings is 2. The van der Waals surface area contributed by atoms with E-state index in [1.54, 1.807) is 12.7 Å². The molecule has 2 fully saturated rings. The van der Waals surface area contributed by atoms with Gasteiger partial charge in [-0.1, -0.05) is 65.7 Å². The number of rotatable bonds is 10. The van der Waals surface area contributed by atoms with Gasteiger partial charge in [0.25, 0.3) is 0 Å². The first-order chi connectivity index (χ1) is 25.6. The molecule has 2 unspecified atom stereocenters. The van der Waals surface area contributed by atoms with E-state index in [0.717, 1.165) is 87.6 Å². The lowest BCUT2D eigenvalue weighted by Crippen LogP contribution is -2.47. The van der Waals surface area contributed by atoms with E-state index < -0.39 is 0 Å². The number of nitrogens with zero attached hydrogens (tertiary/aromatic N) is 8. The average molecular weight is 715 g/mol. The van der Waals surface area contributed by atoms with Gasteiger partial charge in [0.15, 0.2) is 0 Å². The highest BCUT2D eigenvalue weighted by molar-refractivity contribution is 6.30. The van der Waals surface area contributed by atoms with Crippen molar-refractivity contribution in [2.24, 2.45) is 0 Å². The van der Waals surface area contributed by atoms with Crippen molar-refractivity contribution < 1.29 is 0 Å². The van der Waals surface area contributed by atoms with Crippen molar-refractivity contribution in [2.75, 3.05) is 52.4 Å². The Kier molecular flexibility index (Phi) is 12.1. The summed E-state index contributed by atoms with van der Waals surface area (Å²) < 4.78 is 0. The van der Waals surface area contributed by atoms with Crippen LogP contribution >= 0.6 is 11.6 Å². The first kappa shape index (κ1) is 35.7. The van der Waals surface area contributed by atoms with Crippen molar-refractivity contribution in [3.63, 3.8) is 0 Å². The van der Waals surface area contributed by atoms with Crippen molar-refractivity contribution >= 4 is 11.6 Å². The van der Waals surface area contributed by atoms with Crippen LogP contribution in [0.3, 0.4) is 0 Å². The van der Waals surface area contributed by atoms with Gasteiger partial charge in [0.05, 0.1) is 36.1 Å². The topological polar surface area (TPSA) is 96.1 Å². The van der Waals surface area contributed by atoms with E-state index in [9.17, 15) is 0 Å². The number of aromatic nitrogens is 6. The molecular weight excluding hydrogens is 668 g/mol. The molecule has 2 saturated heterocycles. The Labute approximate surface area is 311 Å². The summed E-state index contributed by atoms with van der Waals surface area (Å²) in [6.45, 7) is 12.2. The van der Waals surface area contributed by atoms with E-state index in [1.165, 1.54) is 22.4 Å². The van der Waals surface area contributed by atoms with E-state index in [-0.39, 0.29) is 12.1 Å². The third-order valence-corrected chi connectivity index (χ3v) is 10.2. The van der Waals surface area contributed by atoms with Gasteiger partial charge in [-0.15, -0.1) is 0 Å². The molecular formula is C41H47ClN10. The molecule has 52 heavy (non-hydrogen) atoms. The third-order valence-electron chi connectivity index (χ3n) is 9.96. The lowest BCUT2D eigenvalue weighted by atomic mass is 9.99. The largest absolute Gasteiger partial charge is 0.347 e. The molecule has 4 aromatic heterocycles. The highest BCUT2D eigenvalue weighted by Gasteiger charge is 2.29. The third kappa shape index (κ3) is 9.39. The maximum absolute atomic E-state index is 6.09. The van der Waals surface area contributed by atoms with Crippen LogP contribution in [0.5, 0.6) is 0 Å². The molecule has 6 heterocycles. The monoisotopic (exact) mass is 714 g/mol. The molecule has 2 N–H and O–H groups in total. The van der Waals surface area contributed by atoms with E-state index in [2.05, 4.69) is 117 Å². The molecule has 6 aromatic rings. The predicted octanol–water partition coefficient (Wildman–Crippen LogP) is 6.39. The molecule has 2 aliphatic heterocycles. The van der Waals surface area contributed by atoms with Crippen molar-refractivity contribution in [3.8, 4) is 0 Å². The summed E-state index contributed by atoms with van der Waals surface area (Å²) in [4.78, 5) is 33.9. The summed E-state index contributed by atoms with van der Waals surface area (Å²) >= 11 is 6.09. The number of pyridine rings is 2. The molecule has 0 spiro atoms. The highest BCUT2D eigenvalue weighted by atomic mass is 35.5. The normalized spacial score (nSPS) is 17.3. The molecule has 2 atom stereocenters. The standard InChI is InChI=1S/C21H25N5.C20H22ClN5/c1-17-5-7-18(8-6-17)21(20-4-2-3-9-23-20)26-12-10-25(11-13-26)15-19-14-22-16-24-19;21-17-6-4-16(5-7-17)20(19-3-1-2-8-23-19)26-11-9-25(10-12-26)14-18-13-22-15-24-18/h2-9,14,16,21H,10-13,15H2,1H3,(H,22,24);1-8,13,15,20H,9-12,14H2,(H,22,24). The van der Waals surface area contributed by atoms with Crippen LogP contribution in [-0.4, -0.2) is 102 Å². The van der Waals surface area contributed by atoms with Crippen molar-refractivity contribution in [1.82, 2.24) is 49.5 Å². The van der Waals surface area contributed by atoms with Gasteiger partial charge in [0.1, 0.15) is 0 Å². The minimum Gasteiger partial charge on any atom is -0.347 e. The van der Waals surface area contributed by atoms with Crippen LogP contribution in [0.4, 0.5) is 0 Å². The molecule has 2 aliphatic rings. The smallest absolute Gasteiger partial charge is 0.0922 e. The van der Waals surface area contributed by atoms with Crippen LogP contribution in [0.25, 0.3) is 0 Å². The van der Waals surface area contributed by atoms with E-state index in [0.29, 0.717) is 0 Å². The van der Waals surface area contributed by atoms with Gasteiger partial charge < -0.3 is 9.97 Å². The van der Waals surface area contributed by atoms with Crippen molar-refractivity contribution in [3.05, 3.63) is 167 Å². The number of benzene rings is 2. The Morgan fingerprint density at radius 2 is 1.02 bits per heavy atom. The van der Waals surface area contributed by atoms with E-state index >= 15 is 0 Å². The number of halogens is 1. The minimum atomic E-state index is 0.155. The summed E-state index contributed by atoms with van der Waals surface area (Å²) in [6.07, 6.45) is 11.1. The zero-order valence-electron chi connectivity index (χ0n) is 29.7. The number of piperazine rings is 2. The van der Waals surface area contributed by atoms with Gasteiger partial charge in [0.2, 0.25) is 0 Å². The van der Waals surface area contributed by atoms with Gasteiger partial charge >= 0.3 is 0 Å². The van der Waals surface area contributed by atoms with E-state index in [4.69, 9.17) is 11.6 Å². The molecule has 268 valence electrons. The Morgan fingerprint density at radius 1 is 0.577 bits per heavy atom. The van der Waals surface area contributed by atoms with E-state index in [1.807, 2.05) is 49.1 Å². The van der Waals surface area contributed by atoms with Crippen LogP contribution < -0.4 is 0 Å². The number of H-pyrrole nitrogens is 2. The van der Waals surface area contributed by atoms with Gasteiger partial charge in [-0.25, -0.2) is 9.97 Å². The van der Waals surface area contributed by atoms with Crippen LogP contribution in [-0.2, 0) is 13.1 Å². The van der Waals surface area contributed by atoms with Crippen LogP contribution in [0.2, 0.25) is 5.02 Å². The second-order valence-corrected chi connectivity index (χ2v) is 14.0. The number of nitrogens with one attached hydrogen (secondary N) is 2. The fraction of sp³-hybridized carbons (Fsp3) is 0.317. The summed E-state index contributed by atoms with van der Waals surface area (Å²) in [6, 6.07) is 29.7. The molecule has 8 rings (SSSR count). The zero-order valence-corrected chi connectivity index (χ0v) is 30.5. The number of hydrogen-bond acceptors (Lipinski definition) is 8. The summed E-state index contributed by atoms with van der Waals surface area (Å²) in [5.74, 6) is 0. The lowest BCUT2D eigenvalue weighted by molar-refractivity contribution is 0.103. The first-order valence-electron chi connectivity index (χ1n) is 18.1.